The van der Waals surface area contributed by atoms with E-state index in [1.807, 2.05) is 11.3 Å². The first-order valence-corrected chi connectivity index (χ1v) is 8.33. The van der Waals surface area contributed by atoms with Gasteiger partial charge in [-0.25, -0.2) is 0 Å². The van der Waals surface area contributed by atoms with Gasteiger partial charge in [-0.05, 0) is 79.3 Å². The van der Waals surface area contributed by atoms with Gasteiger partial charge in [0, 0.05) is 17.5 Å². The Balaban J connectivity index is 1.82. The van der Waals surface area contributed by atoms with Crippen molar-refractivity contribution >= 4 is 33.9 Å². The van der Waals surface area contributed by atoms with Crippen LogP contribution in [0.3, 0.4) is 0 Å². The molecule has 17 heavy (non-hydrogen) atoms. The molecule has 0 amide bonds. The molecule has 0 radical (unpaired) electrons. The third kappa shape index (κ3) is 3.91. The van der Waals surface area contributed by atoms with Crippen LogP contribution in [0.25, 0.3) is 0 Å². The van der Waals surface area contributed by atoms with Crippen LogP contribution in [0.15, 0.2) is 6.07 Å². The molecule has 1 aromatic heterocycles. The monoisotopic (exact) mass is 365 g/mol. The maximum Gasteiger partial charge on any atom is 0.0659 e. The Hall–Kier alpha value is 0.350. The van der Waals surface area contributed by atoms with Crippen LogP contribution >= 0.6 is 33.9 Å². The summed E-state index contributed by atoms with van der Waals surface area (Å²) < 4.78 is 1.42. The summed E-state index contributed by atoms with van der Waals surface area (Å²) in [6.07, 6.45) is 7.11. The first kappa shape index (κ1) is 13.8. The minimum atomic E-state index is 0.330. The molecule has 0 bridgehead atoms. The van der Waals surface area contributed by atoms with Gasteiger partial charge in [-0.3, -0.25) is 0 Å². The normalized spacial score (nSPS) is 19.3. The topological polar surface area (TPSA) is 32.3 Å². The Labute approximate surface area is 121 Å². The number of aliphatic hydroxyl groups is 1. The Morgan fingerprint density at radius 1 is 1.41 bits per heavy atom. The second-order valence-corrected chi connectivity index (χ2v) is 7.64. The van der Waals surface area contributed by atoms with Crippen molar-refractivity contribution in [3.05, 3.63) is 19.4 Å². The number of hydrogen-bond donors (Lipinski definition) is 2. The smallest absolute Gasteiger partial charge is 0.0659 e. The second-order valence-electron chi connectivity index (χ2n) is 4.61. The first-order chi connectivity index (χ1) is 8.31. The molecule has 1 aliphatic carbocycles. The SMILES string of the molecule is OCCCCCNC1CCCc2sc(I)cc21. The van der Waals surface area contributed by atoms with Crippen LogP contribution in [0.1, 0.15) is 48.6 Å². The summed E-state index contributed by atoms with van der Waals surface area (Å²) >= 11 is 4.38. The Kier molecular flexibility index (Phi) is 5.72. The second kappa shape index (κ2) is 7.07. The summed E-state index contributed by atoms with van der Waals surface area (Å²) in [5.41, 5.74) is 1.55. The minimum absolute atomic E-state index is 0.330. The molecule has 0 aromatic carbocycles. The number of hydrogen-bond acceptors (Lipinski definition) is 3. The van der Waals surface area contributed by atoms with Crippen molar-refractivity contribution in [2.75, 3.05) is 13.2 Å². The van der Waals surface area contributed by atoms with Gasteiger partial charge < -0.3 is 10.4 Å². The predicted octanol–water partition coefficient (Wildman–Crippen LogP) is 3.48. The Morgan fingerprint density at radius 2 is 2.29 bits per heavy atom. The predicted molar refractivity (Wildman–Crippen MR) is 81.7 cm³/mol. The molecule has 2 nitrogen and oxygen atoms in total. The summed E-state index contributed by atoms with van der Waals surface area (Å²) in [7, 11) is 0. The zero-order valence-electron chi connectivity index (χ0n) is 10.0. The van der Waals surface area contributed by atoms with Gasteiger partial charge in [0.2, 0.25) is 0 Å². The molecular weight excluding hydrogens is 345 g/mol. The summed E-state index contributed by atoms with van der Waals surface area (Å²) in [5, 5.41) is 12.4. The molecule has 4 heteroatoms. The van der Waals surface area contributed by atoms with Gasteiger partial charge in [0.15, 0.2) is 0 Å². The lowest BCUT2D eigenvalue weighted by Crippen LogP contribution is -2.25. The van der Waals surface area contributed by atoms with Gasteiger partial charge in [-0.1, -0.05) is 0 Å². The zero-order valence-corrected chi connectivity index (χ0v) is 13.0. The number of aryl methyl sites for hydroxylation is 1. The molecule has 2 N–H and O–H groups in total. The molecule has 1 atom stereocenters. The van der Waals surface area contributed by atoms with Gasteiger partial charge >= 0.3 is 0 Å². The average Bonchev–Trinajstić information content (AvgIpc) is 2.70. The number of unbranched alkanes of at least 4 members (excludes halogenated alkanes) is 2. The zero-order chi connectivity index (χ0) is 12.1. The van der Waals surface area contributed by atoms with Crippen LogP contribution < -0.4 is 5.32 Å². The first-order valence-electron chi connectivity index (χ1n) is 6.43. The highest BCUT2D eigenvalue weighted by Crippen LogP contribution is 2.36. The van der Waals surface area contributed by atoms with Gasteiger partial charge in [0.1, 0.15) is 0 Å². The van der Waals surface area contributed by atoms with Crippen LogP contribution in [-0.4, -0.2) is 18.3 Å². The van der Waals surface area contributed by atoms with Crippen molar-refractivity contribution in [3.63, 3.8) is 0 Å². The van der Waals surface area contributed by atoms with E-state index in [1.54, 1.807) is 10.4 Å². The summed E-state index contributed by atoms with van der Waals surface area (Å²) in [4.78, 5) is 1.59. The van der Waals surface area contributed by atoms with E-state index in [-0.39, 0.29) is 0 Å². The van der Waals surface area contributed by atoms with Crippen molar-refractivity contribution in [1.82, 2.24) is 5.32 Å². The Bertz CT molecular complexity index is 353. The summed E-state index contributed by atoms with van der Waals surface area (Å²) in [5.74, 6) is 0. The molecule has 96 valence electrons. The average molecular weight is 365 g/mol. The highest BCUT2D eigenvalue weighted by molar-refractivity contribution is 14.1. The van der Waals surface area contributed by atoms with E-state index in [9.17, 15) is 0 Å². The number of halogens is 1. The van der Waals surface area contributed by atoms with Crippen molar-refractivity contribution in [2.24, 2.45) is 0 Å². The molecule has 1 aliphatic rings. The van der Waals surface area contributed by atoms with Crippen molar-refractivity contribution in [1.29, 1.82) is 0 Å². The maximum absolute atomic E-state index is 8.73. The quantitative estimate of drug-likeness (QED) is 0.598. The number of rotatable bonds is 6. The number of thiophene rings is 1. The van der Waals surface area contributed by atoms with Crippen molar-refractivity contribution < 1.29 is 5.11 Å². The van der Waals surface area contributed by atoms with Crippen LogP contribution in [0, 0.1) is 2.88 Å². The molecule has 0 saturated carbocycles. The fourth-order valence-corrected chi connectivity index (χ4v) is 4.54. The third-order valence-corrected chi connectivity index (χ3v) is 5.28. The van der Waals surface area contributed by atoms with Crippen LogP contribution in [0.4, 0.5) is 0 Å². The largest absolute Gasteiger partial charge is 0.396 e. The molecule has 1 aromatic rings. The molecule has 2 rings (SSSR count). The standard InChI is InChI=1S/C13H20INOS/c14-13-9-10-11(5-4-6-12(10)17-13)15-7-2-1-3-8-16/h9,11,15-16H,1-8H2. The summed E-state index contributed by atoms with van der Waals surface area (Å²) in [6.45, 7) is 1.41. The van der Waals surface area contributed by atoms with E-state index in [4.69, 9.17) is 5.11 Å². The molecule has 0 fully saturated rings. The van der Waals surface area contributed by atoms with E-state index >= 15 is 0 Å². The number of nitrogens with one attached hydrogen (secondary N) is 1. The van der Waals surface area contributed by atoms with Crippen molar-refractivity contribution in [3.8, 4) is 0 Å². The fourth-order valence-electron chi connectivity index (χ4n) is 2.42. The lowest BCUT2D eigenvalue weighted by atomic mass is 9.94. The number of fused-ring (bicyclic) bond motifs is 1. The van der Waals surface area contributed by atoms with E-state index < -0.39 is 0 Å². The molecular formula is C13H20INOS. The highest BCUT2D eigenvalue weighted by Gasteiger charge is 2.21. The maximum atomic E-state index is 8.73. The van der Waals surface area contributed by atoms with Crippen molar-refractivity contribution in [2.45, 2.75) is 44.6 Å². The van der Waals surface area contributed by atoms with Gasteiger partial charge in [-0.15, -0.1) is 11.3 Å². The van der Waals surface area contributed by atoms with Crippen LogP contribution in [-0.2, 0) is 6.42 Å². The summed E-state index contributed by atoms with van der Waals surface area (Å²) in [6, 6.07) is 2.93. The molecule has 1 unspecified atom stereocenters. The van der Waals surface area contributed by atoms with Gasteiger partial charge in [0.05, 0.1) is 2.88 Å². The number of aliphatic hydroxyl groups excluding tert-OH is 1. The minimum Gasteiger partial charge on any atom is -0.396 e. The van der Waals surface area contributed by atoms with E-state index in [2.05, 4.69) is 34.0 Å². The van der Waals surface area contributed by atoms with Crippen LogP contribution in [0.2, 0.25) is 0 Å². The lowest BCUT2D eigenvalue weighted by Gasteiger charge is -2.23. The highest BCUT2D eigenvalue weighted by atomic mass is 127. The molecule has 0 saturated heterocycles. The molecule has 0 aliphatic heterocycles. The molecule has 0 spiro atoms. The van der Waals surface area contributed by atoms with Gasteiger partial charge in [0.25, 0.3) is 0 Å². The van der Waals surface area contributed by atoms with E-state index in [0.717, 1.165) is 19.4 Å². The molecule has 1 heterocycles. The van der Waals surface area contributed by atoms with E-state index in [1.165, 1.54) is 28.6 Å². The third-order valence-electron chi connectivity index (χ3n) is 3.31. The lowest BCUT2D eigenvalue weighted by molar-refractivity contribution is 0.282. The fraction of sp³-hybridized carbons (Fsp3) is 0.692. The van der Waals surface area contributed by atoms with Gasteiger partial charge in [-0.2, -0.15) is 0 Å². The van der Waals surface area contributed by atoms with Crippen LogP contribution in [0.5, 0.6) is 0 Å². The van der Waals surface area contributed by atoms with E-state index in [0.29, 0.717) is 12.6 Å². The Morgan fingerprint density at radius 3 is 3.12 bits per heavy atom.